The summed E-state index contributed by atoms with van der Waals surface area (Å²) in [5, 5.41) is 3.06. The first-order valence-corrected chi connectivity index (χ1v) is 8.06. The molecule has 21 heavy (non-hydrogen) atoms. The Balaban J connectivity index is 2.74. The van der Waals surface area contributed by atoms with Crippen molar-refractivity contribution in [2.24, 2.45) is 0 Å². The van der Waals surface area contributed by atoms with Crippen molar-refractivity contribution < 1.29 is 14.3 Å². The van der Waals surface area contributed by atoms with Crippen LogP contribution in [-0.4, -0.2) is 47.6 Å². The standard InChI is InChI=1S/C16H30N2O3/c1-6-16(4,5)17-14(19)12(3)18-11-9-8-10-13(18)15(20)21-7-2/h12-13H,6-11H2,1-5H3,(H,17,19). The van der Waals surface area contributed by atoms with E-state index >= 15 is 0 Å². The van der Waals surface area contributed by atoms with Gasteiger partial charge in [-0.3, -0.25) is 14.5 Å². The van der Waals surface area contributed by atoms with Crippen molar-refractivity contribution in [2.75, 3.05) is 13.2 Å². The number of ether oxygens (including phenoxy) is 1. The number of carbonyl (C=O) groups is 2. The molecule has 0 saturated carbocycles. The molecule has 1 aliphatic heterocycles. The Hall–Kier alpha value is -1.10. The van der Waals surface area contributed by atoms with Crippen LogP contribution in [0.4, 0.5) is 0 Å². The molecule has 2 atom stereocenters. The van der Waals surface area contributed by atoms with Crippen LogP contribution in [0.25, 0.3) is 0 Å². The first kappa shape index (κ1) is 18.0. The van der Waals surface area contributed by atoms with Gasteiger partial charge < -0.3 is 10.1 Å². The Morgan fingerprint density at radius 3 is 2.57 bits per heavy atom. The van der Waals surface area contributed by atoms with Crippen LogP contribution >= 0.6 is 0 Å². The number of piperidine rings is 1. The van der Waals surface area contributed by atoms with Crippen LogP contribution in [0, 0.1) is 0 Å². The minimum absolute atomic E-state index is 0.0157. The number of nitrogens with one attached hydrogen (secondary N) is 1. The smallest absolute Gasteiger partial charge is 0.323 e. The van der Waals surface area contributed by atoms with Crippen LogP contribution in [-0.2, 0) is 14.3 Å². The SMILES string of the molecule is CCOC(=O)C1CCCCN1C(C)C(=O)NC(C)(C)CC. The van der Waals surface area contributed by atoms with Gasteiger partial charge in [0.1, 0.15) is 6.04 Å². The largest absolute Gasteiger partial charge is 0.465 e. The van der Waals surface area contributed by atoms with Crippen LogP contribution in [0.3, 0.4) is 0 Å². The average molecular weight is 298 g/mol. The highest BCUT2D eigenvalue weighted by atomic mass is 16.5. The third kappa shape index (κ3) is 4.99. The molecule has 1 fully saturated rings. The molecule has 0 aromatic carbocycles. The number of esters is 1. The lowest BCUT2D eigenvalue weighted by Crippen LogP contribution is -2.57. The second kappa shape index (κ2) is 7.78. The summed E-state index contributed by atoms with van der Waals surface area (Å²) in [5.41, 5.74) is -0.222. The summed E-state index contributed by atoms with van der Waals surface area (Å²) in [4.78, 5) is 26.5. The van der Waals surface area contributed by atoms with Crippen LogP contribution in [0.5, 0.6) is 0 Å². The maximum absolute atomic E-state index is 12.4. The molecular weight excluding hydrogens is 268 g/mol. The second-order valence-corrected chi connectivity index (χ2v) is 6.40. The first-order chi connectivity index (χ1) is 9.82. The quantitative estimate of drug-likeness (QED) is 0.763. The summed E-state index contributed by atoms with van der Waals surface area (Å²) in [6, 6.07) is -0.602. The van der Waals surface area contributed by atoms with Gasteiger partial charge in [0, 0.05) is 5.54 Å². The monoisotopic (exact) mass is 298 g/mol. The molecule has 0 spiro atoms. The van der Waals surface area contributed by atoms with E-state index < -0.39 is 0 Å². The Morgan fingerprint density at radius 1 is 1.33 bits per heavy atom. The fourth-order valence-corrected chi connectivity index (χ4v) is 2.59. The van der Waals surface area contributed by atoms with E-state index in [0.717, 1.165) is 32.2 Å². The third-order valence-electron chi connectivity index (χ3n) is 4.33. The van der Waals surface area contributed by atoms with Crippen molar-refractivity contribution in [2.45, 2.75) is 77.9 Å². The molecule has 0 radical (unpaired) electrons. The van der Waals surface area contributed by atoms with Gasteiger partial charge in [0.2, 0.25) is 5.91 Å². The lowest BCUT2D eigenvalue weighted by atomic mass is 9.98. The van der Waals surface area contributed by atoms with Crippen molar-refractivity contribution in [3.63, 3.8) is 0 Å². The number of amides is 1. The summed E-state index contributed by atoms with van der Waals surface area (Å²) in [6.07, 6.45) is 3.67. The van der Waals surface area contributed by atoms with E-state index in [1.54, 1.807) is 0 Å². The zero-order chi connectivity index (χ0) is 16.0. The maximum atomic E-state index is 12.4. The zero-order valence-electron chi connectivity index (χ0n) is 14.1. The van der Waals surface area contributed by atoms with Crippen molar-refractivity contribution in [3.05, 3.63) is 0 Å². The van der Waals surface area contributed by atoms with Gasteiger partial charge in [-0.25, -0.2) is 0 Å². The Labute approximate surface area is 128 Å². The number of rotatable bonds is 6. The normalized spacial score (nSPS) is 21.7. The number of hydrogen-bond donors (Lipinski definition) is 1. The zero-order valence-corrected chi connectivity index (χ0v) is 14.1. The molecular formula is C16H30N2O3. The van der Waals surface area contributed by atoms with Crippen molar-refractivity contribution in [1.82, 2.24) is 10.2 Å². The van der Waals surface area contributed by atoms with Gasteiger partial charge in [-0.05, 0) is 53.5 Å². The number of nitrogens with zero attached hydrogens (tertiary/aromatic N) is 1. The van der Waals surface area contributed by atoms with E-state index in [1.165, 1.54) is 0 Å². The van der Waals surface area contributed by atoms with Gasteiger partial charge in [0.15, 0.2) is 0 Å². The number of likely N-dealkylation sites (tertiary alicyclic amines) is 1. The molecule has 1 amide bonds. The van der Waals surface area contributed by atoms with Crippen LogP contribution < -0.4 is 5.32 Å². The molecule has 1 rings (SSSR count). The number of carbonyl (C=O) groups excluding carboxylic acids is 2. The summed E-state index contributed by atoms with van der Waals surface area (Å²) < 4.78 is 5.15. The van der Waals surface area contributed by atoms with Crippen LogP contribution in [0.2, 0.25) is 0 Å². The van der Waals surface area contributed by atoms with Gasteiger partial charge in [0.05, 0.1) is 12.6 Å². The second-order valence-electron chi connectivity index (χ2n) is 6.40. The van der Waals surface area contributed by atoms with Crippen molar-refractivity contribution in [1.29, 1.82) is 0 Å². The van der Waals surface area contributed by atoms with E-state index in [4.69, 9.17) is 4.74 Å². The van der Waals surface area contributed by atoms with Crippen molar-refractivity contribution in [3.8, 4) is 0 Å². The molecule has 5 heteroatoms. The van der Waals surface area contributed by atoms with E-state index in [0.29, 0.717) is 6.61 Å². The molecule has 0 aromatic heterocycles. The van der Waals surface area contributed by atoms with Gasteiger partial charge >= 0.3 is 5.97 Å². The van der Waals surface area contributed by atoms with Gasteiger partial charge in [-0.15, -0.1) is 0 Å². The van der Waals surface area contributed by atoms with Crippen LogP contribution in [0.1, 0.15) is 60.3 Å². The fraction of sp³-hybridized carbons (Fsp3) is 0.875. The molecule has 0 bridgehead atoms. The molecule has 1 N–H and O–H groups in total. The molecule has 2 unspecified atom stereocenters. The molecule has 1 aliphatic rings. The van der Waals surface area contributed by atoms with Gasteiger partial charge in [-0.2, -0.15) is 0 Å². The summed E-state index contributed by atoms with van der Waals surface area (Å²) in [5.74, 6) is -0.218. The van der Waals surface area contributed by atoms with Gasteiger partial charge in [-0.1, -0.05) is 13.3 Å². The highest BCUT2D eigenvalue weighted by Crippen LogP contribution is 2.21. The molecule has 0 aliphatic carbocycles. The van der Waals surface area contributed by atoms with E-state index in [2.05, 4.69) is 5.32 Å². The van der Waals surface area contributed by atoms with E-state index in [1.807, 2.05) is 39.5 Å². The molecule has 1 heterocycles. The summed E-state index contributed by atoms with van der Waals surface area (Å²) >= 11 is 0. The molecule has 5 nitrogen and oxygen atoms in total. The van der Waals surface area contributed by atoms with E-state index in [9.17, 15) is 9.59 Å². The number of hydrogen-bond acceptors (Lipinski definition) is 4. The first-order valence-electron chi connectivity index (χ1n) is 8.06. The Morgan fingerprint density at radius 2 is 2.00 bits per heavy atom. The van der Waals surface area contributed by atoms with Crippen molar-refractivity contribution >= 4 is 11.9 Å². The summed E-state index contributed by atoms with van der Waals surface area (Å²) in [6.45, 7) is 10.9. The molecule has 0 aromatic rings. The van der Waals surface area contributed by atoms with E-state index in [-0.39, 0.29) is 29.5 Å². The lowest BCUT2D eigenvalue weighted by Gasteiger charge is -2.38. The van der Waals surface area contributed by atoms with Crippen LogP contribution in [0.15, 0.2) is 0 Å². The topological polar surface area (TPSA) is 58.6 Å². The predicted octanol–water partition coefficient (Wildman–Crippen LogP) is 2.10. The molecule has 1 saturated heterocycles. The minimum atomic E-state index is -0.314. The average Bonchev–Trinajstić information content (AvgIpc) is 2.46. The van der Waals surface area contributed by atoms with Gasteiger partial charge in [0.25, 0.3) is 0 Å². The minimum Gasteiger partial charge on any atom is -0.465 e. The highest BCUT2D eigenvalue weighted by Gasteiger charge is 2.36. The highest BCUT2D eigenvalue weighted by molar-refractivity contribution is 5.83. The summed E-state index contributed by atoms with van der Waals surface area (Å²) in [7, 11) is 0. The Kier molecular flexibility index (Phi) is 6.65. The molecule has 122 valence electrons. The fourth-order valence-electron chi connectivity index (χ4n) is 2.59. The lowest BCUT2D eigenvalue weighted by molar-refractivity contribution is -0.153. The Bertz CT molecular complexity index is 369. The third-order valence-corrected chi connectivity index (χ3v) is 4.33. The maximum Gasteiger partial charge on any atom is 0.323 e. The predicted molar refractivity (Wildman–Crippen MR) is 83.0 cm³/mol.